The summed E-state index contributed by atoms with van der Waals surface area (Å²) in [7, 11) is 6.80. The van der Waals surface area contributed by atoms with Gasteiger partial charge < -0.3 is 36.0 Å². The van der Waals surface area contributed by atoms with E-state index >= 15 is 0 Å². The molecule has 3 aliphatic rings. The van der Waals surface area contributed by atoms with Crippen molar-refractivity contribution < 1.29 is 39.7 Å². The van der Waals surface area contributed by atoms with E-state index < -0.39 is 58.0 Å². The lowest BCUT2D eigenvalue weighted by Crippen LogP contribution is -3.13. The fourth-order valence-electron chi connectivity index (χ4n) is 5.70. The average Bonchev–Trinajstić information content (AvgIpc) is 2.70. The van der Waals surface area contributed by atoms with Crippen molar-refractivity contribution in [2.45, 2.75) is 24.5 Å². The van der Waals surface area contributed by atoms with Gasteiger partial charge in [0.05, 0.1) is 25.6 Å². The summed E-state index contributed by atoms with van der Waals surface area (Å²) in [4.78, 5) is 40.9. The van der Waals surface area contributed by atoms with Gasteiger partial charge >= 0.3 is 0 Å². The summed E-state index contributed by atoms with van der Waals surface area (Å²) in [6, 6.07) is 1.95. The van der Waals surface area contributed by atoms with Crippen molar-refractivity contribution in [3.63, 3.8) is 0 Å². The van der Waals surface area contributed by atoms with Gasteiger partial charge in [-0.15, -0.1) is 0 Å². The zero-order valence-corrected chi connectivity index (χ0v) is 18.8. The Morgan fingerprint density at radius 2 is 1.88 bits per heavy atom. The molecule has 0 spiro atoms. The number of hydrogen-bond donors (Lipinski definition) is 4. The summed E-state index contributed by atoms with van der Waals surface area (Å²) in [5, 5.41) is 48.5. The molecule has 1 saturated carbocycles. The molecule has 0 aliphatic heterocycles. The summed E-state index contributed by atoms with van der Waals surface area (Å²) in [5.74, 6) is -7.50. The molecule has 3 aliphatic carbocycles. The second kappa shape index (κ2) is 7.32. The SMILES string of the molecule is CN(C)c1ccc(O)c2c1C[C@H]1C[C@H]3[C@H]([NH+](C)C)C(=O)C(C(N)=O)=C([O-])[C@@]3(O)C(=O)C1=C2[O-]. The number of phenols is 1. The summed E-state index contributed by atoms with van der Waals surface area (Å²) < 4.78 is 0. The fourth-order valence-corrected chi connectivity index (χ4v) is 5.70. The molecule has 10 heteroatoms. The Morgan fingerprint density at radius 1 is 1.24 bits per heavy atom. The molecule has 176 valence electrons. The van der Waals surface area contributed by atoms with Gasteiger partial charge in [0.15, 0.2) is 11.8 Å². The van der Waals surface area contributed by atoms with Crippen molar-refractivity contribution >= 4 is 28.9 Å². The van der Waals surface area contributed by atoms with Crippen molar-refractivity contribution in [3.8, 4) is 5.75 Å². The number of hydrogen-bond acceptors (Lipinski definition) is 8. The molecule has 1 aromatic carbocycles. The second-order valence-electron chi connectivity index (χ2n) is 9.42. The highest BCUT2D eigenvalue weighted by Gasteiger charge is 2.61. The number of ketones is 2. The lowest BCUT2D eigenvalue weighted by atomic mass is 9.57. The number of Topliss-reactive ketones (excluding diaryl/α,β-unsaturated/α-hetero) is 2. The molecule has 4 rings (SSSR count). The number of carbonyl (C=O) groups excluding carboxylic acids is 3. The van der Waals surface area contributed by atoms with E-state index in [0.717, 1.165) is 0 Å². The molecule has 5 N–H and O–H groups in total. The van der Waals surface area contributed by atoms with E-state index in [4.69, 9.17) is 5.73 Å². The molecule has 10 nitrogen and oxygen atoms in total. The average molecular weight is 456 g/mol. The van der Waals surface area contributed by atoms with E-state index in [1.807, 2.05) is 0 Å². The van der Waals surface area contributed by atoms with E-state index in [1.54, 1.807) is 39.2 Å². The maximum atomic E-state index is 13.6. The predicted octanol–water partition coefficient (Wildman–Crippen LogP) is -3.78. The molecule has 4 atom stereocenters. The number of rotatable bonds is 3. The van der Waals surface area contributed by atoms with Gasteiger partial charge in [0.25, 0.3) is 5.91 Å². The van der Waals surface area contributed by atoms with Gasteiger partial charge in [-0.05, 0) is 42.0 Å². The van der Waals surface area contributed by atoms with Crippen LogP contribution in [0.15, 0.2) is 29.0 Å². The van der Waals surface area contributed by atoms with Gasteiger partial charge in [-0.3, -0.25) is 14.4 Å². The Hall–Kier alpha value is -3.37. The van der Waals surface area contributed by atoms with Crippen LogP contribution in [0, 0.1) is 11.8 Å². The van der Waals surface area contributed by atoms with Crippen LogP contribution < -0.4 is 25.7 Å². The molecular formula is C23H26N3O7-. The number of primary amides is 1. The minimum Gasteiger partial charge on any atom is -0.873 e. The minimum atomic E-state index is -2.76. The standard InChI is InChI=1S/C23H27N3O7/c1-25(2)12-5-6-13(27)15-10(12)7-9-8-11-17(26(3)4)19(29)16(22(24)32)21(31)23(11,33)20(30)14(9)18(15)28/h5-6,9,11,17,27-28,31,33H,7-8H2,1-4H3,(H2,24,32)/p-1/t9-,11-,17-,23-/m0/s1. The van der Waals surface area contributed by atoms with Crippen LogP contribution in [-0.2, 0) is 20.8 Å². The number of likely N-dealkylation sites (N-methyl/N-ethyl adjacent to an activating group) is 1. The molecule has 0 bridgehead atoms. The monoisotopic (exact) mass is 456 g/mol. The van der Waals surface area contributed by atoms with Crippen LogP contribution in [0.3, 0.4) is 0 Å². The van der Waals surface area contributed by atoms with Crippen LogP contribution in [0.4, 0.5) is 5.69 Å². The molecule has 1 amide bonds. The van der Waals surface area contributed by atoms with E-state index in [0.29, 0.717) is 16.2 Å². The Balaban J connectivity index is 1.99. The fraction of sp³-hybridized carbons (Fsp3) is 0.435. The molecule has 33 heavy (non-hydrogen) atoms. The molecule has 0 aromatic heterocycles. The van der Waals surface area contributed by atoms with Gasteiger partial charge in [0.2, 0.25) is 5.78 Å². The predicted molar refractivity (Wildman–Crippen MR) is 112 cm³/mol. The molecule has 1 aromatic rings. The van der Waals surface area contributed by atoms with Crippen molar-refractivity contribution in [3.05, 3.63) is 40.2 Å². The van der Waals surface area contributed by atoms with Crippen molar-refractivity contribution in [2.75, 3.05) is 33.1 Å². The number of fused-ring (bicyclic) bond motifs is 3. The van der Waals surface area contributed by atoms with E-state index in [9.17, 15) is 34.8 Å². The second-order valence-corrected chi connectivity index (χ2v) is 9.42. The Bertz CT molecular complexity index is 1170. The van der Waals surface area contributed by atoms with Gasteiger partial charge in [0, 0.05) is 25.3 Å². The topological polar surface area (TPSA) is 171 Å². The summed E-state index contributed by atoms with van der Waals surface area (Å²) in [5.41, 5.74) is 2.48. The number of nitrogens with two attached hydrogens (primary N) is 1. The zero-order chi connectivity index (χ0) is 24.6. The highest BCUT2D eigenvalue weighted by molar-refractivity contribution is 6.24. The van der Waals surface area contributed by atoms with Gasteiger partial charge in [0.1, 0.15) is 11.4 Å². The molecule has 0 radical (unpaired) electrons. The van der Waals surface area contributed by atoms with Crippen LogP contribution in [0.1, 0.15) is 17.5 Å². The lowest BCUT2D eigenvalue weighted by molar-refractivity contribution is -0.881. The number of quaternary nitrogens is 1. The van der Waals surface area contributed by atoms with Crippen LogP contribution >= 0.6 is 0 Å². The molecule has 1 fully saturated rings. The normalized spacial score (nSPS) is 29.1. The minimum absolute atomic E-state index is 0.00461. The first-order chi connectivity index (χ1) is 15.3. The molecular weight excluding hydrogens is 430 g/mol. The number of amides is 1. The highest BCUT2D eigenvalue weighted by atomic mass is 16.3. The third-order valence-electron chi connectivity index (χ3n) is 7.12. The Labute approximate surface area is 190 Å². The van der Waals surface area contributed by atoms with Gasteiger partial charge in [-0.1, -0.05) is 11.5 Å². The van der Waals surface area contributed by atoms with Gasteiger partial charge in [-0.25, -0.2) is 0 Å². The zero-order valence-electron chi connectivity index (χ0n) is 18.8. The third kappa shape index (κ3) is 2.90. The number of phenolic OH excluding ortho intramolecular Hbond substituents is 1. The van der Waals surface area contributed by atoms with Crippen molar-refractivity contribution in [1.29, 1.82) is 0 Å². The lowest BCUT2D eigenvalue weighted by Gasteiger charge is -2.53. The number of benzene rings is 1. The number of aliphatic hydroxyl groups is 1. The van der Waals surface area contributed by atoms with E-state index in [1.165, 1.54) is 6.07 Å². The summed E-state index contributed by atoms with van der Waals surface area (Å²) in [6.07, 6.45) is 0.214. The number of nitrogens with one attached hydrogen (secondary N) is 1. The molecule has 0 unspecified atom stereocenters. The van der Waals surface area contributed by atoms with Crippen molar-refractivity contribution in [1.82, 2.24) is 0 Å². The largest absolute Gasteiger partial charge is 0.873 e. The summed E-state index contributed by atoms with van der Waals surface area (Å²) in [6.45, 7) is 0. The first kappa shape index (κ1) is 22.8. The number of carbonyl (C=O) groups is 3. The summed E-state index contributed by atoms with van der Waals surface area (Å²) >= 11 is 0. The van der Waals surface area contributed by atoms with Crippen LogP contribution in [-0.4, -0.2) is 67.5 Å². The van der Waals surface area contributed by atoms with E-state index in [2.05, 4.69) is 0 Å². The van der Waals surface area contributed by atoms with Crippen molar-refractivity contribution in [2.24, 2.45) is 17.6 Å². The first-order valence-electron chi connectivity index (χ1n) is 10.6. The highest BCUT2D eigenvalue weighted by Crippen LogP contribution is 2.51. The van der Waals surface area contributed by atoms with Crippen LogP contribution in [0.5, 0.6) is 5.75 Å². The molecule has 0 saturated heterocycles. The van der Waals surface area contributed by atoms with Crippen LogP contribution in [0.2, 0.25) is 0 Å². The van der Waals surface area contributed by atoms with Crippen LogP contribution in [0.25, 0.3) is 5.76 Å². The van der Waals surface area contributed by atoms with E-state index in [-0.39, 0.29) is 29.7 Å². The third-order valence-corrected chi connectivity index (χ3v) is 7.12. The number of nitrogens with zero attached hydrogens (tertiary/aromatic N) is 1. The molecule has 0 heterocycles. The Morgan fingerprint density at radius 3 is 2.42 bits per heavy atom. The number of anilines is 1. The Kier molecular flexibility index (Phi) is 5.06. The maximum absolute atomic E-state index is 13.6. The van der Waals surface area contributed by atoms with Gasteiger partial charge in [-0.2, -0.15) is 0 Å². The maximum Gasteiger partial charge on any atom is 0.251 e. The quantitative estimate of drug-likeness (QED) is 0.336. The first-order valence-corrected chi connectivity index (χ1v) is 10.6. The smallest absolute Gasteiger partial charge is 0.251 e. The number of aromatic hydroxyl groups is 1.